The van der Waals surface area contributed by atoms with Gasteiger partial charge in [-0.05, 0) is 18.2 Å². The zero-order valence-electron chi connectivity index (χ0n) is 7.31. The second-order valence-electron chi connectivity index (χ2n) is 2.73. The van der Waals surface area contributed by atoms with E-state index in [4.69, 9.17) is 9.15 Å². The van der Waals surface area contributed by atoms with Gasteiger partial charge in [0.05, 0.1) is 0 Å². The molecule has 0 atom stereocenters. The van der Waals surface area contributed by atoms with Crippen LogP contribution in [0.3, 0.4) is 0 Å². The van der Waals surface area contributed by atoms with E-state index in [-0.39, 0.29) is 0 Å². The van der Waals surface area contributed by atoms with Gasteiger partial charge in [-0.2, -0.15) is 0 Å². The summed E-state index contributed by atoms with van der Waals surface area (Å²) >= 11 is 3.37. The Kier molecular flexibility index (Phi) is 2.84. The maximum Gasteiger partial charge on any atom is 0.180 e. The van der Waals surface area contributed by atoms with Crippen molar-refractivity contribution in [3.8, 4) is 5.75 Å². The standard InChI is InChI=1S/C10H8BrNO2/c11-8-2-1-3-10(4-8)14-6-9-5-13-7-12-9/h1-5,7H,6H2. The molecule has 2 aromatic rings. The van der Waals surface area contributed by atoms with Crippen LogP contribution in [0.15, 0.2) is 45.8 Å². The van der Waals surface area contributed by atoms with Gasteiger partial charge in [-0.15, -0.1) is 0 Å². The molecule has 4 heteroatoms. The molecular weight excluding hydrogens is 246 g/mol. The summed E-state index contributed by atoms with van der Waals surface area (Å²) in [4.78, 5) is 3.95. The van der Waals surface area contributed by atoms with Crippen molar-refractivity contribution in [3.05, 3.63) is 47.1 Å². The van der Waals surface area contributed by atoms with Crippen LogP contribution in [-0.4, -0.2) is 4.98 Å². The molecule has 0 amide bonds. The summed E-state index contributed by atoms with van der Waals surface area (Å²) in [6, 6.07) is 7.66. The van der Waals surface area contributed by atoms with Gasteiger partial charge in [0.1, 0.15) is 24.3 Å². The van der Waals surface area contributed by atoms with Gasteiger partial charge < -0.3 is 9.15 Å². The first-order valence-electron chi connectivity index (χ1n) is 4.10. The van der Waals surface area contributed by atoms with E-state index >= 15 is 0 Å². The zero-order chi connectivity index (χ0) is 9.80. The zero-order valence-corrected chi connectivity index (χ0v) is 8.90. The topological polar surface area (TPSA) is 35.3 Å². The number of nitrogens with zero attached hydrogens (tertiary/aromatic N) is 1. The normalized spacial score (nSPS) is 10.1. The van der Waals surface area contributed by atoms with Crippen molar-refractivity contribution in [1.29, 1.82) is 0 Å². The van der Waals surface area contributed by atoms with Gasteiger partial charge in [0, 0.05) is 4.47 Å². The van der Waals surface area contributed by atoms with Gasteiger partial charge in [-0.25, -0.2) is 4.98 Å². The molecule has 2 rings (SSSR count). The maximum atomic E-state index is 5.48. The average Bonchev–Trinajstić information content (AvgIpc) is 2.67. The van der Waals surface area contributed by atoms with Crippen molar-refractivity contribution < 1.29 is 9.15 Å². The van der Waals surface area contributed by atoms with E-state index in [2.05, 4.69) is 20.9 Å². The van der Waals surface area contributed by atoms with Crippen LogP contribution in [0.4, 0.5) is 0 Å². The first-order chi connectivity index (χ1) is 6.84. The summed E-state index contributed by atoms with van der Waals surface area (Å²) in [5.74, 6) is 0.808. The second kappa shape index (κ2) is 4.28. The van der Waals surface area contributed by atoms with Gasteiger partial charge in [0.15, 0.2) is 6.39 Å². The van der Waals surface area contributed by atoms with E-state index in [1.54, 1.807) is 6.26 Å². The summed E-state index contributed by atoms with van der Waals surface area (Å²) in [6.45, 7) is 0.424. The highest BCUT2D eigenvalue weighted by molar-refractivity contribution is 9.10. The Hall–Kier alpha value is -1.29. The second-order valence-corrected chi connectivity index (χ2v) is 3.64. The van der Waals surface area contributed by atoms with Crippen LogP contribution >= 0.6 is 15.9 Å². The molecule has 1 heterocycles. The highest BCUT2D eigenvalue weighted by Crippen LogP contribution is 2.18. The lowest BCUT2D eigenvalue weighted by atomic mass is 10.3. The van der Waals surface area contributed by atoms with Crippen LogP contribution < -0.4 is 4.74 Å². The molecule has 1 aromatic carbocycles. The van der Waals surface area contributed by atoms with Crippen molar-refractivity contribution >= 4 is 15.9 Å². The third-order valence-corrected chi connectivity index (χ3v) is 2.16. The fourth-order valence-corrected chi connectivity index (χ4v) is 1.40. The van der Waals surface area contributed by atoms with Crippen molar-refractivity contribution in [2.24, 2.45) is 0 Å². The number of rotatable bonds is 3. The van der Waals surface area contributed by atoms with Crippen LogP contribution in [0, 0.1) is 0 Å². The first kappa shape index (κ1) is 9.27. The van der Waals surface area contributed by atoms with E-state index in [1.165, 1.54) is 6.39 Å². The smallest absolute Gasteiger partial charge is 0.180 e. The molecule has 72 valence electrons. The summed E-state index contributed by atoms with van der Waals surface area (Å²) in [5, 5.41) is 0. The third-order valence-electron chi connectivity index (χ3n) is 1.67. The molecule has 0 N–H and O–H groups in total. The quantitative estimate of drug-likeness (QED) is 0.844. The van der Waals surface area contributed by atoms with Gasteiger partial charge in [-0.3, -0.25) is 0 Å². The molecule has 0 aliphatic heterocycles. The Morgan fingerprint density at radius 2 is 2.36 bits per heavy atom. The maximum absolute atomic E-state index is 5.48. The van der Waals surface area contributed by atoms with Gasteiger partial charge in [0.25, 0.3) is 0 Å². The molecule has 0 aliphatic rings. The average molecular weight is 254 g/mol. The molecule has 0 saturated carbocycles. The van der Waals surface area contributed by atoms with Crippen LogP contribution in [0.2, 0.25) is 0 Å². The molecule has 0 aliphatic carbocycles. The predicted molar refractivity (Wildman–Crippen MR) is 55.0 cm³/mol. The minimum Gasteiger partial charge on any atom is -0.487 e. The number of halogens is 1. The molecule has 0 fully saturated rings. The van der Waals surface area contributed by atoms with Crippen LogP contribution in [0.5, 0.6) is 5.75 Å². The highest BCUT2D eigenvalue weighted by atomic mass is 79.9. The van der Waals surface area contributed by atoms with E-state index in [0.29, 0.717) is 6.61 Å². The number of aromatic nitrogens is 1. The largest absolute Gasteiger partial charge is 0.487 e. The third kappa shape index (κ3) is 2.35. The van der Waals surface area contributed by atoms with E-state index in [1.807, 2.05) is 24.3 Å². The lowest BCUT2D eigenvalue weighted by molar-refractivity contribution is 0.301. The molecule has 0 saturated heterocycles. The minimum atomic E-state index is 0.424. The lowest BCUT2D eigenvalue weighted by Gasteiger charge is -2.03. The number of oxazole rings is 1. The molecule has 0 bridgehead atoms. The van der Waals surface area contributed by atoms with Crippen molar-refractivity contribution in [3.63, 3.8) is 0 Å². The Bertz CT molecular complexity index is 400. The summed E-state index contributed by atoms with van der Waals surface area (Å²) < 4.78 is 11.3. The van der Waals surface area contributed by atoms with E-state index in [9.17, 15) is 0 Å². The molecule has 0 radical (unpaired) electrons. The number of ether oxygens (including phenoxy) is 1. The molecule has 0 unspecified atom stereocenters. The monoisotopic (exact) mass is 253 g/mol. The molecule has 1 aromatic heterocycles. The fourth-order valence-electron chi connectivity index (χ4n) is 1.02. The molecule has 3 nitrogen and oxygen atoms in total. The van der Waals surface area contributed by atoms with Gasteiger partial charge in [-0.1, -0.05) is 22.0 Å². The fraction of sp³-hybridized carbons (Fsp3) is 0.100. The summed E-state index contributed by atoms with van der Waals surface area (Å²) in [7, 11) is 0. The highest BCUT2D eigenvalue weighted by Gasteiger charge is 1.98. The van der Waals surface area contributed by atoms with Crippen LogP contribution in [-0.2, 0) is 6.61 Å². The number of hydrogen-bond acceptors (Lipinski definition) is 3. The van der Waals surface area contributed by atoms with E-state index in [0.717, 1.165) is 15.9 Å². The Morgan fingerprint density at radius 1 is 1.43 bits per heavy atom. The predicted octanol–water partition coefficient (Wildman–Crippen LogP) is 3.02. The summed E-state index contributed by atoms with van der Waals surface area (Å²) in [5.41, 5.74) is 0.782. The lowest BCUT2D eigenvalue weighted by Crippen LogP contribution is -1.94. The van der Waals surface area contributed by atoms with Crippen molar-refractivity contribution in [1.82, 2.24) is 4.98 Å². The van der Waals surface area contributed by atoms with Crippen molar-refractivity contribution in [2.75, 3.05) is 0 Å². The molecule has 0 spiro atoms. The number of hydrogen-bond donors (Lipinski definition) is 0. The molecule has 14 heavy (non-hydrogen) atoms. The molecular formula is C10H8BrNO2. The Labute approximate surface area is 89.8 Å². The van der Waals surface area contributed by atoms with Crippen LogP contribution in [0.1, 0.15) is 5.69 Å². The van der Waals surface area contributed by atoms with Crippen LogP contribution in [0.25, 0.3) is 0 Å². The van der Waals surface area contributed by atoms with Gasteiger partial charge in [0.2, 0.25) is 0 Å². The Balaban J connectivity index is 1.98. The summed E-state index contributed by atoms with van der Waals surface area (Å²) in [6.07, 6.45) is 2.96. The number of benzene rings is 1. The SMILES string of the molecule is Brc1cccc(OCc2cocn2)c1. The van der Waals surface area contributed by atoms with Crippen molar-refractivity contribution in [2.45, 2.75) is 6.61 Å². The van der Waals surface area contributed by atoms with Gasteiger partial charge >= 0.3 is 0 Å². The van der Waals surface area contributed by atoms with E-state index < -0.39 is 0 Å². The first-order valence-corrected chi connectivity index (χ1v) is 4.89. The minimum absolute atomic E-state index is 0.424. The Morgan fingerprint density at radius 3 is 3.07 bits per heavy atom.